The lowest BCUT2D eigenvalue weighted by atomic mass is 9.88. The fourth-order valence-corrected chi connectivity index (χ4v) is 5.94. The zero-order valence-electron chi connectivity index (χ0n) is 16.4. The Kier molecular flexibility index (Phi) is 8.06. The van der Waals surface area contributed by atoms with Gasteiger partial charge in [-0.3, -0.25) is 9.59 Å². The van der Waals surface area contributed by atoms with Crippen molar-refractivity contribution in [3.8, 4) is 0 Å². The molecule has 0 radical (unpaired) electrons. The number of nitrogens with one attached hydrogen (secondary N) is 1. The van der Waals surface area contributed by atoms with Crippen LogP contribution in [-0.4, -0.2) is 54.1 Å². The highest BCUT2D eigenvalue weighted by molar-refractivity contribution is 8.00. The molecule has 154 valence electrons. The molecule has 0 bridgehead atoms. The number of carbonyl (C=O) groups excluding carboxylic acids is 2. The third-order valence-electron chi connectivity index (χ3n) is 5.55. The first-order chi connectivity index (χ1) is 13.6. The van der Waals surface area contributed by atoms with E-state index in [1.54, 1.807) is 31.0 Å². The molecule has 2 amide bonds. The molecule has 28 heavy (non-hydrogen) atoms. The number of nitrogens with zero attached hydrogens (tertiary/aromatic N) is 1. The van der Waals surface area contributed by atoms with E-state index in [4.69, 9.17) is 16.3 Å². The predicted octanol–water partition coefficient (Wildman–Crippen LogP) is 3.96. The van der Waals surface area contributed by atoms with Gasteiger partial charge >= 0.3 is 0 Å². The maximum atomic E-state index is 13.4. The molecule has 1 N–H and O–H groups in total. The lowest BCUT2D eigenvalue weighted by Crippen LogP contribution is -2.51. The van der Waals surface area contributed by atoms with Crippen LogP contribution in [-0.2, 0) is 9.53 Å². The number of carbonyl (C=O) groups is 2. The Morgan fingerprint density at radius 3 is 2.71 bits per heavy atom. The van der Waals surface area contributed by atoms with Gasteiger partial charge in [-0.15, -0.1) is 11.8 Å². The van der Waals surface area contributed by atoms with Gasteiger partial charge in [-0.2, -0.15) is 0 Å². The van der Waals surface area contributed by atoms with Crippen molar-refractivity contribution in [3.05, 3.63) is 34.9 Å². The average molecular weight is 425 g/mol. The van der Waals surface area contributed by atoms with Crippen LogP contribution in [0.2, 0.25) is 5.02 Å². The average Bonchev–Trinajstić information content (AvgIpc) is 3.17. The highest BCUT2D eigenvalue weighted by Crippen LogP contribution is 2.41. The third-order valence-corrected chi connectivity index (χ3v) is 7.35. The zero-order chi connectivity index (χ0) is 19.9. The molecule has 1 aliphatic heterocycles. The van der Waals surface area contributed by atoms with Crippen molar-refractivity contribution < 1.29 is 14.3 Å². The number of amides is 2. The Morgan fingerprint density at radius 1 is 1.25 bits per heavy atom. The Hall–Kier alpha value is -1.24. The van der Waals surface area contributed by atoms with Gasteiger partial charge in [0.2, 0.25) is 5.91 Å². The van der Waals surface area contributed by atoms with Crippen molar-refractivity contribution in [1.82, 2.24) is 10.2 Å². The van der Waals surface area contributed by atoms with Crippen molar-refractivity contribution in [1.29, 1.82) is 0 Å². The van der Waals surface area contributed by atoms with E-state index in [2.05, 4.69) is 5.32 Å². The summed E-state index contributed by atoms with van der Waals surface area (Å²) < 4.78 is 5.04. The largest absolute Gasteiger partial charge is 0.385 e. The van der Waals surface area contributed by atoms with Gasteiger partial charge in [-0.25, -0.2) is 0 Å². The van der Waals surface area contributed by atoms with E-state index < -0.39 is 6.04 Å². The van der Waals surface area contributed by atoms with Crippen LogP contribution in [0.5, 0.6) is 0 Å². The van der Waals surface area contributed by atoms with Crippen LogP contribution in [0.3, 0.4) is 0 Å². The monoisotopic (exact) mass is 424 g/mol. The van der Waals surface area contributed by atoms with Crippen molar-refractivity contribution in [2.75, 3.05) is 26.0 Å². The number of rotatable bonds is 7. The summed E-state index contributed by atoms with van der Waals surface area (Å²) in [5.41, 5.74) is 0.477. The number of halogens is 1. The van der Waals surface area contributed by atoms with Gasteiger partial charge in [0.25, 0.3) is 5.91 Å². The van der Waals surface area contributed by atoms with E-state index in [0.717, 1.165) is 19.3 Å². The molecule has 0 spiro atoms. The van der Waals surface area contributed by atoms with Crippen LogP contribution in [0.15, 0.2) is 24.3 Å². The quantitative estimate of drug-likeness (QED) is 0.673. The van der Waals surface area contributed by atoms with Crippen LogP contribution in [0.4, 0.5) is 0 Å². The summed E-state index contributed by atoms with van der Waals surface area (Å²) in [4.78, 5) is 28.1. The Bertz CT molecular complexity index is 681. The molecule has 5 nitrogen and oxygen atoms in total. The topological polar surface area (TPSA) is 58.6 Å². The first kappa shape index (κ1) is 21.5. The normalized spacial score (nSPS) is 23.0. The summed E-state index contributed by atoms with van der Waals surface area (Å²) >= 11 is 8.05. The van der Waals surface area contributed by atoms with Gasteiger partial charge in [0.15, 0.2) is 0 Å². The Labute approximate surface area is 176 Å². The Morgan fingerprint density at radius 2 is 2.00 bits per heavy atom. The van der Waals surface area contributed by atoms with E-state index >= 15 is 0 Å². The minimum Gasteiger partial charge on any atom is -0.385 e. The number of thioether (sulfide) groups is 1. The summed E-state index contributed by atoms with van der Waals surface area (Å²) in [7, 11) is 1.65. The highest BCUT2D eigenvalue weighted by Gasteiger charge is 2.45. The molecule has 7 heteroatoms. The smallest absolute Gasteiger partial charge is 0.256 e. The molecule has 1 saturated heterocycles. The third kappa shape index (κ3) is 5.02. The molecule has 2 atom stereocenters. The van der Waals surface area contributed by atoms with Gasteiger partial charge in [0.1, 0.15) is 6.04 Å². The summed E-state index contributed by atoms with van der Waals surface area (Å²) in [6.07, 6.45) is 6.65. The van der Waals surface area contributed by atoms with Gasteiger partial charge in [0.05, 0.1) is 16.0 Å². The summed E-state index contributed by atoms with van der Waals surface area (Å²) in [6.45, 7) is 1.16. The molecule has 2 fully saturated rings. The molecule has 1 aliphatic carbocycles. The Balaban J connectivity index is 1.79. The first-order valence-electron chi connectivity index (χ1n) is 10.1. The molecule has 1 saturated carbocycles. The van der Waals surface area contributed by atoms with Gasteiger partial charge in [-0.05, 0) is 37.3 Å². The molecule has 0 aromatic heterocycles. The van der Waals surface area contributed by atoms with Crippen LogP contribution >= 0.6 is 23.4 Å². The van der Waals surface area contributed by atoms with E-state index in [9.17, 15) is 9.59 Å². The van der Waals surface area contributed by atoms with Crippen molar-refractivity contribution in [2.24, 2.45) is 5.92 Å². The molecule has 0 unspecified atom stereocenters. The predicted molar refractivity (Wildman–Crippen MR) is 114 cm³/mol. The molecular weight excluding hydrogens is 396 g/mol. The minimum absolute atomic E-state index is 0.0406. The first-order valence-corrected chi connectivity index (χ1v) is 11.5. The molecule has 3 rings (SSSR count). The number of hydrogen-bond donors (Lipinski definition) is 1. The SMILES string of the molecule is COCCCNC(=O)[C@H]1CS[C@@H](C2CCCCC2)N1C(=O)c1ccccc1Cl. The standard InChI is InChI=1S/C21H29ClN2O3S/c1-27-13-7-12-23-19(25)18-14-28-21(15-8-3-2-4-9-15)24(18)20(26)16-10-5-6-11-17(16)22/h5-6,10-11,15,18,21H,2-4,7-9,12-14H2,1H3,(H,23,25)/t18-,21+/m1/s1. The van der Waals surface area contributed by atoms with E-state index in [-0.39, 0.29) is 17.2 Å². The van der Waals surface area contributed by atoms with Crippen molar-refractivity contribution in [3.63, 3.8) is 0 Å². The van der Waals surface area contributed by atoms with Crippen LogP contribution in [0, 0.1) is 5.92 Å². The number of benzene rings is 1. The lowest BCUT2D eigenvalue weighted by molar-refractivity contribution is -0.125. The van der Waals surface area contributed by atoms with Gasteiger partial charge in [-0.1, -0.05) is 43.0 Å². The number of hydrogen-bond acceptors (Lipinski definition) is 4. The highest BCUT2D eigenvalue weighted by atomic mass is 35.5. The van der Waals surface area contributed by atoms with E-state index in [1.165, 1.54) is 19.3 Å². The zero-order valence-corrected chi connectivity index (χ0v) is 17.9. The fourth-order valence-electron chi connectivity index (χ4n) is 4.09. The summed E-state index contributed by atoms with van der Waals surface area (Å²) in [6, 6.07) is 6.66. The second-order valence-electron chi connectivity index (χ2n) is 7.47. The van der Waals surface area contributed by atoms with Crippen LogP contribution in [0.1, 0.15) is 48.9 Å². The van der Waals surface area contributed by atoms with E-state index in [0.29, 0.717) is 35.4 Å². The van der Waals surface area contributed by atoms with Crippen molar-refractivity contribution in [2.45, 2.75) is 49.9 Å². The van der Waals surface area contributed by atoms with Gasteiger partial charge < -0.3 is 15.0 Å². The van der Waals surface area contributed by atoms with Crippen LogP contribution in [0.25, 0.3) is 0 Å². The molecular formula is C21H29ClN2O3S. The minimum atomic E-state index is -0.455. The molecule has 1 heterocycles. The number of ether oxygens (including phenoxy) is 1. The van der Waals surface area contributed by atoms with Crippen LogP contribution < -0.4 is 5.32 Å². The second kappa shape index (κ2) is 10.5. The summed E-state index contributed by atoms with van der Waals surface area (Å²) in [5.74, 6) is 0.856. The maximum absolute atomic E-state index is 13.4. The fraction of sp³-hybridized carbons (Fsp3) is 0.619. The lowest BCUT2D eigenvalue weighted by Gasteiger charge is -2.35. The maximum Gasteiger partial charge on any atom is 0.256 e. The molecule has 1 aromatic carbocycles. The summed E-state index contributed by atoms with van der Waals surface area (Å²) in [5, 5.41) is 3.45. The molecule has 1 aromatic rings. The van der Waals surface area contributed by atoms with Gasteiger partial charge in [0, 0.05) is 26.0 Å². The number of methoxy groups -OCH3 is 1. The van der Waals surface area contributed by atoms with Crippen molar-refractivity contribution >= 4 is 35.2 Å². The second-order valence-corrected chi connectivity index (χ2v) is 9.02. The van der Waals surface area contributed by atoms with E-state index in [1.807, 2.05) is 17.0 Å². The molecule has 2 aliphatic rings.